The molecule has 0 radical (unpaired) electrons. The van der Waals surface area contributed by atoms with Crippen LogP contribution in [0.2, 0.25) is 5.02 Å². The van der Waals surface area contributed by atoms with Gasteiger partial charge >= 0.3 is 11.8 Å². The molecule has 0 unspecified atom stereocenters. The highest BCUT2D eigenvalue weighted by Crippen LogP contribution is 2.34. The first-order valence-electron chi connectivity index (χ1n) is 11.0. The third-order valence-corrected chi connectivity index (χ3v) is 6.00. The molecule has 5 rings (SSSR count). The molecule has 0 bridgehead atoms. The predicted octanol–water partition coefficient (Wildman–Crippen LogP) is 4.60. The molecular weight excluding hydrogens is 484 g/mol. The molecule has 0 aliphatic carbocycles. The van der Waals surface area contributed by atoms with E-state index in [2.05, 4.69) is 16.1 Å². The quantitative estimate of drug-likeness (QED) is 0.352. The van der Waals surface area contributed by atoms with Gasteiger partial charge in [-0.1, -0.05) is 29.8 Å². The van der Waals surface area contributed by atoms with Crippen LogP contribution in [-0.4, -0.2) is 29.2 Å². The number of rotatable bonds is 4. The van der Waals surface area contributed by atoms with E-state index in [1.807, 2.05) is 32.0 Å². The second kappa shape index (κ2) is 9.27. The van der Waals surface area contributed by atoms with Crippen LogP contribution in [0.5, 0.6) is 11.5 Å². The number of ether oxygens (including phenoxy) is 2. The van der Waals surface area contributed by atoms with Crippen LogP contribution in [0, 0.1) is 13.8 Å². The Hall–Kier alpha value is -4.50. The molecule has 1 aliphatic rings. The van der Waals surface area contributed by atoms with Crippen molar-refractivity contribution in [3.05, 3.63) is 82.5 Å². The Balaban J connectivity index is 1.42. The molecule has 1 aromatic heterocycles. The molecule has 9 nitrogen and oxygen atoms in total. The average molecular weight is 505 g/mol. The van der Waals surface area contributed by atoms with Gasteiger partial charge in [0, 0.05) is 27.8 Å². The second-order valence-electron chi connectivity index (χ2n) is 8.25. The van der Waals surface area contributed by atoms with Gasteiger partial charge in [0.25, 0.3) is 5.91 Å². The summed E-state index contributed by atoms with van der Waals surface area (Å²) in [6.45, 7) is 3.87. The van der Waals surface area contributed by atoms with E-state index < -0.39 is 17.7 Å². The summed E-state index contributed by atoms with van der Waals surface area (Å²) in [5, 5.41) is 6.51. The Morgan fingerprint density at radius 2 is 1.61 bits per heavy atom. The maximum absolute atomic E-state index is 13.3. The van der Waals surface area contributed by atoms with E-state index in [0.717, 1.165) is 11.1 Å². The fourth-order valence-electron chi connectivity index (χ4n) is 3.98. The lowest BCUT2D eigenvalue weighted by atomic mass is 10.1. The lowest BCUT2D eigenvalue weighted by Crippen LogP contribution is -2.36. The number of aryl methyl sites for hydroxylation is 2. The zero-order chi connectivity index (χ0) is 25.4. The Kier molecular flexibility index (Phi) is 5.99. The highest BCUT2D eigenvalue weighted by atomic mass is 35.5. The van der Waals surface area contributed by atoms with Crippen molar-refractivity contribution in [3.8, 4) is 11.5 Å². The number of fused-ring (bicyclic) bond motifs is 2. The first kappa shape index (κ1) is 23.3. The van der Waals surface area contributed by atoms with Crippen molar-refractivity contribution in [1.29, 1.82) is 0 Å². The third-order valence-electron chi connectivity index (χ3n) is 5.77. The van der Waals surface area contributed by atoms with E-state index in [1.165, 1.54) is 4.68 Å². The summed E-state index contributed by atoms with van der Waals surface area (Å²) in [5.74, 6) is -1.34. The van der Waals surface area contributed by atoms with E-state index in [4.69, 9.17) is 21.1 Å². The highest BCUT2D eigenvalue weighted by molar-refractivity contribution is 6.42. The van der Waals surface area contributed by atoms with Crippen molar-refractivity contribution in [2.45, 2.75) is 13.8 Å². The standard InChI is InChI=1S/C26H21ClN4O5/c1-14-4-3-5-15(2)23(14)29-24(32)20-11-16-10-17(27)6-8-19(16)31(20)30-26(34)25(33)28-18-7-9-21-22(12-18)36-13-35-21/h3-12H,13H2,1-2H3,(H,28,33)(H,29,32)(H,30,34). The molecule has 3 N–H and O–H groups in total. The van der Waals surface area contributed by atoms with Gasteiger partial charge in [0.1, 0.15) is 5.69 Å². The maximum atomic E-state index is 13.3. The number of nitrogens with zero attached hydrogens (tertiary/aromatic N) is 1. The number of anilines is 2. The Labute approximate surface area is 210 Å². The van der Waals surface area contributed by atoms with Gasteiger partial charge in [-0.3, -0.25) is 19.8 Å². The van der Waals surface area contributed by atoms with Crippen LogP contribution >= 0.6 is 11.6 Å². The van der Waals surface area contributed by atoms with Gasteiger partial charge < -0.3 is 20.1 Å². The summed E-state index contributed by atoms with van der Waals surface area (Å²) in [7, 11) is 0. The maximum Gasteiger partial charge on any atom is 0.328 e. The van der Waals surface area contributed by atoms with E-state index >= 15 is 0 Å². The monoisotopic (exact) mass is 504 g/mol. The summed E-state index contributed by atoms with van der Waals surface area (Å²) in [4.78, 5) is 38.8. The summed E-state index contributed by atoms with van der Waals surface area (Å²) in [6, 6.07) is 17.0. The number of carbonyl (C=O) groups is 3. The summed E-state index contributed by atoms with van der Waals surface area (Å²) in [5.41, 5.74) is 5.96. The minimum Gasteiger partial charge on any atom is -0.454 e. The van der Waals surface area contributed by atoms with Gasteiger partial charge in [-0.25, -0.2) is 4.68 Å². The normalized spacial score (nSPS) is 11.9. The average Bonchev–Trinajstić information content (AvgIpc) is 3.45. The van der Waals surface area contributed by atoms with Crippen molar-refractivity contribution >= 4 is 51.6 Å². The number of hydrogen-bond donors (Lipinski definition) is 3. The number of hydrogen-bond acceptors (Lipinski definition) is 5. The molecule has 0 atom stereocenters. The molecule has 1 aliphatic heterocycles. The van der Waals surface area contributed by atoms with Crippen molar-refractivity contribution in [2.24, 2.45) is 0 Å². The Bertz CT molecular complexity index is 1520. The summed E-state index contributed by atoms with van der Waals surface area (Å²) < 4.78 is 11.8. The van der Waals surface area contributed by atoms with E-state index in [-0.39, 0.29) is 12.5 Å². The van der Waals surface area contributed by atoms with E-state index in [9.17, 15) is 14.4 Å². The summed E-state index contributed by atoms with van der Waals surface area (Å²) in [6.07, 6.45) is 0. The number of aromatic nitrogens is 1. The Morgan fingerprint density at radius 1 is 0.861 bits per heavy atom. The SMILES string of the molecule is Cc1cccc(C)c1NC(=O)c1cc2cc(Cl)ccc2n1NC(=O)C(=O)Nc1ccc2c(c1)OCO2. The highest BCUT2D eigenvalue weighted by Gasteiger charge is 2.22. The fraction of sp³-hybridized carbons (Fsp3) is 0.115. The molecule has 36 heavy (non-hydrogen) atoms. The zero-order valence-electron chi connectivity index (χ0n) is 19.3. The van der Waals surface area contributed by atoms with E-state index in [1.54, 1.807) is 42.5 Å². The molecule has 2 heterocycles. The van der Waals surface area contributed by atoms with Gasteiger partial charge in [-0.2, -0.15) is 0 Å². The molecule has 3 amide bonds. The number of carbonyl (C=O) groups excluding carboxylic acids is 3. The minimum atomic E-state index is -0.971. The predicted molar refractivity (Wildman–Crippen MR) is 136 cm³/mol. The van der Waals surface area contributed by atoms with Crippen LogP contribution in [0.1, 0.15) is 21.6 Å². The van der Waals surface area contributed by atoms with Crippen LogP contribution in [-0.2, 0) is 9.59 Å². The number of halogens is 1. The molecular formula is C26H21ClN4O5. The van der Waals surface area contributed by atoms with Crippen LogP contribution < -0.4 is 25.5 Å². The molecule has 10 heteroatoms. The first-order valence-corrected chi connectivity index (χ1v) is 11.4. The number of nitrogens with one attached hydrogen (secondary N) is 3. The first-order chi connectivity index (χ1) is 17.3. The van der Waals surface area contributed by atoms with E-state index in [0.29, 0.717) is 38.8 Å². The van der Waals surface area contributed by atoms with Crippen LogP contribution in [0.3, 0.4) is 0 Å². The zero-order valence-corrected chi connectivity index (χ0v) is 20.1. The molecule has 0 saturated heterocycles. The van der Waals surface area contributed by atoms with Gasteiger partial charge in [0.2, 0.25) is 6.79 Å². The molecule has 0 fully saturated rings. The van der Waals surface area contributed by atoms with Gasteiger partial charge in [-0.05, 0) is 61.4 Å². The van der Waals surface area contributed by atoms with Crippen molar-refractivity contribution in [2.75, 3.05) is 22.9 Å². The van der Waals surface area contributed by atoms with Gasteiger partial charge in [0.05, 0.1) is 5.52 Å². The van der Waals surface area contributed by atoms with Crippen molar-refractivity contribution < 1.29 is 23.9 Å². The van der Waals surface area contributed by atoms with Crippen LogP contribution in [0.15, 0.2) is 60.7 Å². The number of para-hydroxylation sites is 1. The van der Waals surface area contributed by atoms with Crippen LogP contribution in [0.4, 0.5) is 11.4 Å². The third kappa shape index (κ3) is 4.44. The number of amides is 3. The number of benzene rings is 3. The minimum absolute atomic E-state index is 0.0881. The topological polar surface area (TPSA) is 111 Å². The van der Waals surface area contributed by atoms with Gasteiger partial charge in [-0.15, -0.1) is 0 Å². The van der Waals surface area contributed by atoms with Crippen molar-refractivity contribution in [1.82, 2.24) is 4.68 Å². The lowest BCUT2D eigenvalue weighted by molar-refractivity contribution is -0.133. The van der Waals surface area contributed by atoms with Crippen molar-refractivity contribution in [3.63, 3.8) is 0 Å². The van der Waals surface area contributed by atoms with Gasteiger partial charge in [0.15, 0.2) is 11.5 Å². The largest absolute Gasteiger partial charge is 0.454 e. The van der Waals surface area contributed by atoms with Crippen LogP contribution in [0.25, 0.3) is 10.9 Å². The molecule has 3 aromatic carbocycles. The molecule has 182 valence electrons. The molecule has 0 spiro atoms. The molecule has 4 aromatic rings. The summed E-state index contributed by atoms with van der Waals surface area (Å²) >= 11 is 6.14. The smallest absolute Gasteiger partial charge is 0.328 e. The second-order valence-corrected chi connectivity index (χ2v) is 8.69. The Morgan fingerprint density at radius 3 is 2.39 bits per heavy atom. The fourth-order valence-corrected chi connectivity index (χ4v) is 4.16. The molecule has 0 saturated carbocycles. The lowest BCUT2D eigenvalue weighted by Gasteiger charge is -2.14.